The van der Waals surface area contributed by atoms with Crippen LogP contribution in [0.2, 0.25) is 25.2 Å². The standard InChI is InChI=1S/C19H15Cl2FN4O3.C13H8Cl3FN2O3/c1-28-16-10(20)8-7-9(14(16)22)17-25-15(19(27)29-2)13(21)18(26-17)24-12-6-4-3-5-11(12)23;1-21-10-6(14)4-3-5(8(10)17)12-18-9(13(20)22-2)7(15)11(16)19-12/h3-8H,23H2,1-2H3,(H,24,25,26);3-4H,1-2H3. The summed E-state index contributed by atoms with van der Waals surface area (Å²) < 4.78 is 48.4. The van der Waals surface area contributed by atoms with Crippen LogP contribution in [-0.4, -0.2) is 60.3 Å². The zero-order valence-corrected chi connectivity index (χ0v) is 30.4. The number of benzene rings is 3. The van der Waals surface area contributed by atoms with Gasteiger partial charge < -0.3 is 30.0 Å². The van der Waals surface area contributed by atoms with Crippen molar-refractivity contribution in [1.29, 1.82) is 0 Å². The minimum atomic E-state index is -0.822. The SMILES string of the molecule is COC(=O)c1nc(-c2ccc(Cl)c(OC)c2F)nc(Cl)c1Cl.COC(=O)c1nc(-c2ccc(Cl)c(OC)c2F)nc(Nc2ccccc2N)c1Cl. The molecule has 0 spiro atoms. The Morgan fingerprint density at radius 1 is 0.667 bits per heavy atom. The smallest absolute Gasteiger partial charge is 0.358 e. The highest BCUT2D eigenvalue weighted by Crippen LogP contribution is 2.37. The molecule has 5 rings (SSSR count). The summed E-state index contributed by atoms with van der Waals surface area (Å²) in [6, 6.07) is 12.4. The van der Waals surface area contributed by atoms with E-state index in [2.05, 4.69) is 30.0 Å². The summed E-state index contributed by atoms with van der Waals surface area (Å²) >= 11 is 29.8. The van der Waals surface area contributed by atoms with Crippen LogP contribution in [0.1, 0.15) is 21.0 Å². The van der Waals surface area contributed by atoms with Crippen LogP contribution < -0.4 is 20.5 Å². The van der Waals surface area contributed by atoms with Crippen molar-refractivity contribution < 1.29 is 37.3 Å². The number of nitrogen functional groups attached to an aromatic ring is 1. The first-order valence-corrected chi connectivity index (χ1v) is 15.8. The minimum absolute atomic E-state index is 0.0443. The van der Waals surface area contributed by atoms with E-state index >= 15 is 0 Å². The number of nitrogens with one attached hydrogen (secondary N) is 1. The van der Waals surface area contributed by atoms with Crippen molar-refractivity contribution >= 4 is 87.1 Å². The van der Waals surface area contributed by atoms with Crippen molar-refractivity contribution in [2.75, 3.05) is 39.5 Å². The predicted molar refractivity (Wildman–Crippen MR) is 190 cm³/mol. The molecule has 0 saturated heterocycles. The molecular weight excluding hydrogens is 780 g/mol. The number of anilines is 3. The molecule has 0 saturated carbocycles. The fraction of sp³-hybridized carbons (Fsp3) is 0.125. The third-order valence-electron chi connectivity index (χ3n) is 6.62. The van der Waals surface area contributed by atoms with E-state index in [1.54, 1.807) is 24.3 Å². The molecule has 0 amide bonds. The van der Waals surface area contributed by atoms with Crippen molar-refractivity contribution in [3.63, 3.8) is 0 Å². The number of para-hydroxylation sites is 2. The third-order valence-corrected chi connectivity index (χ3v) is 8.30. The topological polar surface area (TPSA) is 161 Å². The number of esters is 2. The van der Waals surface area contributed by atoms with Crippen molar-refractivity contribution in [2.24, 2.45) is 0 Å². The van der Waals surface area contributed by atoms with Crippen LogP contribution in [0.5, 0.6) is 11.5 Å². The molecule has 0 aliphatic heterocycles. The summed E-state index contributed by atoms with van der Waals surface area (Å²) in [5.74, 6) is -3.80. The molecule has 266 valence electrons. The molecule has 0 bridgehead atoms. The summed E-state index contributed by atoms with van der Waals surface area (Å²) in [5.41, 5.74) is 6.24. The number of ether oxygens (including phenoxy) is 4. The van der Waals surface area contributed by atoms with E-state index in [1.807, 2.05) is 0 Å². The van der Waals surface area contributed by atoms with Crippen molar-refractivity contribution in [1.82, 2.24) is 19.9 Å². The Labute approximate surface area is 313 Å². The van der Waals surface area contributed by atoms with Crippen molar-refractivity contribution in [3.05, 3.63) is 96.8 Å². The van der Waals surface area contributed by atoms with Gasteiger partial charge >= 0.3 is 11.9 Å². The third kappa shape index (κ3) is 8.43. The lowest BCUT2D eigenvalue weighted by molar-refractivity contribution is 0.0585. The number of nitrogens with two attached hydrogens (primary N) is 1. The molecule has 3 N–H and O–H groups in total. The fourth-order valence-corrected chi connectivity index (χ4v) is 5.16. The first kappa shape index (κ1) is 39.1. The van der Waals surface area contributed by atoms with E-state index in [1.165, 1.54) is 45.6 Å². The second-order valence-electron chi connectivity index (χ2n) is 9.64. The molecule has 0 radical (unpaired) electrons. The number of hydrogen-bond acceptors (Lipinski definition) is 12. The summed E-state index contributed by atoms with van der Waals surface area (Å²) in [7, 11) is 4.88. The second kappa shape index (κ2) is 17.0. The average Bonchev–Trinajstić information content (AvgIpc) is 3.11. The zero-order chi connectivity index (χ0) is 37.6. The first-order valence-electron chi connectivity index (χ1n) is 13.9. The van der Waals surface area contributed by atoms with Crippen LogP contribution in [-0.2, 0) is 9.47 Å². The molecule has 0 unspecified atom stereocenters. The molecule has 0 atom stereocenters. The number of halogens is 7. The van der Waals surface area contributed by atoms with Crippen LogP contribution in [0, 0.1) is 11.6 Å². The molecule has 2 heterocycles. The average molecular weight is 803 g/mol. The number of aromatic nitrogens is 4. The highest BCUT2D eigenvalue weighted by molar-refractivity contribution is 6.43. The maximum absolute atomic E-state index is 14.9. The predicted octanol–water partition coefficient (Wildman–Crippen LogP) is 8.75. The van der Waals surface area contributed by atoms with Gasteiger partial charge in [0, 0.05) is 0 Å². The number of hydrogen-bond donors (Lipinski definition) is 2. The van der Waals surface area contributed by atoms with E-state index in [-0.39, 0.29) is 76.7 Å². The van der Waals surface area contributed by atoms with E-state index in [0.29, 0.717) is 11.4 Å². The van der Waals surface area contributed by atoms with Gasteiger partial charge in [-0.05, 0) is 36.4 Å². The lowest BCUT2D eigenvalue weighted by Gasteiger charge is -2.14. The maximum Gasteiger partial charge on any atom is 0.358 e. The van der Waals surface area contributed by atoms with Gasteiger partial charge in [-0.3, -0.25) is 0 Å². The molecule has 0 aliphatic carbocycles. The molecular formula is C32H23Cl5F2N6O6. The minimum Gasteiger partial charge on any atom is -0.492 e. The Bertz CT molecular complexity index is 2150. The zero-order valence-electron chi connectivity index (χ0n) is 26.6. The number of rotatable bonds is 8. The summed E-state index contributed by atoms with van der Waals surface area (Å²) in [4.78, 5) is 39.9. The van der Waals surface area contributed by atoms with Crippen molar-refractivity contribution in [3.8, 4) is 34.3 Å². The molecule has 0 aliphatic rings. The van der Waals surface area contributed by atoms with Gasteiger partial charge in [0.15, 0.2) is 57.1 Å². The quantitative estimate of drug-likeness (QED) is 0.0874. The van der Waals surface area contributed by atoms with Gasteiger partial charge in [-0.25, -0.2) is 38.3 Å². The van der Waals surface area contributed by atoms with Crippen LogP contribution >= 0.6 is 58.0 Å². The lowest BCUT2D eigenvalue weighted by atomic mass is 10.1. The van der Waals surface area contributed by atoms with Crippen LogP contribution in [0.4, 0.5) is 26.0 Å². The van der Waals surface area contributed by atoms with Crippen LogP contribution in [0.15, 0.2) is 48.5 Å². The monoisotopic (exact) mass is 800 g/mol. The number of carbonyl (C=O) groups is 2. The van der Waals surface area contributed by atoms with Gasteiger partial charge in [0.2, 0.25) is 0 Å². The van der Waals surface area contributed by atoms with E-state index < -0.39 is 23.6 Å². The normalized spacial score (nSPS) is 10.5. The maximum atomic E-state index is 14.9. The van der Waals surface area contributed by atoms with Gasteiger partial charge in [-0.15, -0.1) is 0 Å². The van der Waals surface area contributed by atoms with Crippen molar-refractivity contribution in [2.45, 2.75) is 0 Å². The molecule has 19 heteroatoms. The molecule has 2 aromatic heterocycles. The Morgan fingerprint density at radius 3 is 1.61 bits per heavy atom. The van der Waals surface area contributed by atoms with Gasteiger partial charge in [0.25, 0.3) is 0 Å². The molecule has 0 fully saturated rings. The first-order chi connectivity index (χ1) is 24.3. The Balaban J connectivity index is 0.000000238. The highest BCUT2D eigenvalue weighted by atomic mass is 35.5. The fourth-order valence-electron chi connectivity index (χ4n) is 4.18. The Morgan fingerprint density at radius 2 is 1.14 bits per heavy atom. The lowest BCUT2D eigenvalue weighted by Crippen LogP contribution is -2.11. The summed E-state index contributed by atoms with van der Waals surface area (Å²) in [5, 5.41) is 2.59. The van der Waals surface area contributed by atoms with Crippen LogP contribution in [0.3, 0.4) is 0 Å². The van der Waals surface area contributed by atoms with E-state index in [4.69, 9.17) is 77.9 Å². The van der Waals surface area contributed by atoms with Gasteiger partial charge in [-0.1, -0.05) is 70.1 Å². The van der Waals surface area contributed by atoms with Gasteiger partial charge in [0.1, 0.15) is 10.0 Å². The van der Waals surface area contributed by atoms with Gasteiger partial charge in [0.05, 0.1) is 61.0 Å². The number of methoxy groups -OCH3 is 4. The second-order valence-corrected chi connectivity index (χ2v) is 11.6. The molecule has 12 nitrogen and oxygen atoms in total. The largest absolute Gasteiger partial charge is 0.492 e. The van der Waals surface area contributed by atoms with Crippen LogP contribution in [0.25, 0.3) is 22.8 Å². The summed E-state index contributed by atoms with van der Waals surface area (Å²) in [6.45, 7) is 0. The highest BCUT2D eigenvalue weighted by Gasteiger charge is 2.25. The number of carbonyl (C=O) groups excluding carboxylic acids is 2. The molecule has 3 aromatic carbocycles. The molecule has 5 aromatic rings. The Kier molecular flexibility index (Phi) is 13.0. The Hall–Kier alpha value is -4.73. The molecule has 51 heavy (non-hydrogen) atoms. The van der Waals surface area contributed by atoms with Gasteiger partial charge in [-0.2, -0.15) is 0 Å². The van der Waals surface area contributed by atoms with E-state index in [9.17, 15) is 18.4 Å². The summed E-state index contributed by atoms with van der Waals surface area (Å²) in [6.07, 6.45) is 0. The van der Waals surface area contributed by atoms with E-state index in [0.717, 1.165) is 7.11 Å². The number of nitrogens with zero attached hydrogens (tertiary/aromatic N) is 4.